The SMILES string of the molecule is O=c1c2sccc2n2c(SCc3ccc(F)cc3Cl)nnc2n1Cc1cccs1. The van der Waals surface area contributed by atoms with Gasteiger partial charge in [-0.15, -0.1) is 32.9 Å². The summed E-state index contributed by atoms with van der Waals surface area (Å²) in [5.41, 5.74) is 1.53. The van der Waals surface area contributed by atoms with E-state index in [1.807, 2.05) is 33.4 Å². The Morgan fingerprint density at radius 2 is 2.03 bits per heavy atom. The molecular formula is C19H12ClFN4OS3. The van der Waals surface area contributed by atoms with Gasteiger partial charge in [-0.2, -0.15) is 0 Å². The van der Waals surface area contributed by atoms with Crippen molar-refractivity contribution >= 4 is 62.0 Å². The maximum absolute atomic E-state index is 13.3. The molecule has 10 heteroatoms. The molecule has 0 aliphatic heterocycles. The maximum Gasteiger partial charge on any atom is 0.273 e. The molecule has 4 aromatic heterocycles. The number of thioether (sulfide) groups is 1. The summed E-state index contributed by atoms with van der Waals surface area (Å²) in [5, 5.41) is 13.5. The molecular weight excluding hydrogens is 451 g/mol. The quantitative estimate of drug-likeness (QED) is 0.332. The van der Waals surface area contributed by atoms with Gasteiger partial charge in [-0.05, 0) is 40.6 Å². The predicted octanol–water partition coefficient (Wildman–Crippen LogP) is 5.30. The van der Waals surface area contributed by atoms with Crippen LogP contribution in [0.2, 0.25) is 5.02 Å². The molecule has 0 aliphatic carbocycles. The van der Waals surface area contributed by atoms with Crippen molar-refractivity contribution in [1.82, 2.24) is 19.2 Å². The van der Waals surface area contributed by atoms with Crippen LogP contribution in [0.5, 0.6) is 0 Å². The van der Waals surface area contributed by atoms with Crippen LogP contribution in [-0.4, -0.2) is 19.2 Å². The van der Waals surface area contributed by atoms with E-state index in [4.69, 9.17) is 11.6 Å². The highest BCUT2D eigenvalue weighted by Crippen LogP contribution is 2.29. The fourth-order valence-corrected chi connectivity index (χ4v) is 5.85. The third kappa shape index (κ3) is 3.38. The van der Waals surface area contributed by atoms with Crippen molar-refractivity contribution in [3.8, 4) is 0 Å². The lowest BCUT2D eigenvalue weighted by Gasteiger charge is -2.08. The van der Waals surface area contributed by atoms with Crippen LogP contribution in [0.3, 0.4) is 0 Å². The molecule has 0 saturated heterocycles. The van der Waals surface area contributed by atoms with E-state index in [1.54, 1.807) is 22.0 Å². The molecule has 0 atom stereocenters. The van der Waals surface area contributed by atoms with Gasteiger partial charge in [0.25, 0.3) is 5.56 Å². The van der Waals surface area contributed by atoms with Gasteiger partial charge in [0.1, 0.15) is 10.5 Å². The zero-order valence-corrected chi connectivity index (χ0v) is 17.9. The third-order valence-corrected chi connectivity index (χ3v) is 7.53. The van der Waals surface area contributed by atoms with Gasteiger partial charge < -0.3 is 0 Å². The zero-order chi connectivity index (χ0) is 20.0. The third-order valence-electron chi connectivity index (χ3n) is 4.45. The van der Waals surface area contributed by atoms with Crippen molar-refractivity contribution in [3.63, 3.8) is 0 Å². The van der Waals surface area contributed by atoms with Gasteiger partial charge in [-0.1, -0.05) is 35.5 Å². The molecule has 0 amide bonds. The Balaban J connectivity index is 1.60. The van der Waals surface area contributed by atoms with Crippen LogP contribution in [0.15, 0.2) is 57.1 Å². The second-order valence-corrected chi connectivity index (χ2v) is 9.55. The average Bonchev–Trinajstić information content (AvgIpc) is 3.44. The number of halogens is 2. The lowest BCUT2D eigenvalue weighted by atomic mass is 10.2. The van der Waals surface area contributed by atoms with Gasteiger partial charge in [0.2, 0.25) is 5.78 Å². The molecule has 0 radical (unpaired) electrons. The first-order chi connectivity index (χ1) is 14.1. The minimum atomic E-state index is -0.366. The van der Waals surface area contributed by atoms with E-state index in [9.17, 15) is 9.18 Å². The van der Waals surface area contributed by atoms with Crippen LogP contribution in [0.25, 0.3) is 16.0 Å². The van der Waals surface area contributed by atoms with Gasteiger partial charge in [0.05, 0.1) is 12.1 Å². The smallest absolute Gasteiger partial charge is 0.270 e. The first-order valence-electron chi connectivity index (χ1n) is 8.56. The Kier molecular flexibility index (Phi) is 4.91. The highest BCUT2D eigenvalue weighted by Gasteiger charge is 2.18. The number of nitrogens with zero attached hydrogens (tertiary/aromatic N) is 4. The molecule has 0 unspecified atom stereocenters. The fourth-order valence-electron chi connectivity index (χ4n) is 3.08. The van der Waals surface area contributed by atoms with Crippen LogP contribution >= 0.6 is 46.0 Å². The van der Waals surface area contributed by atoms with E-state index in [-0.39, 0.29) is 11.4 Å². The molecule has 5 nitrogen and oxygen atoms in total. The predicted molar refractivity (Wildman–Crippen MR) is 117 cm³/mol. The molecule has 0 fully saturated rings. The number of hydrogen-bond acceptors (Lipinski definition) is 6. The monoisotopic (exact) mass is 462 g/mol. The summed E-state index contributed by atoms with van der Waals surface area (Å²) in [7, 11) is 0. The lowest BCUT2D eigenvalue weighted by Crippen LogP contribution is -2.22. The van der Waals surface area contributed by atoms with Crippen molar-refractivity contribution in [2.45, 2.75) is 17.5 Å². The standard InChI is InChI=1S/C19H12ClFN4OS3/c20-14-8-12(21)4-3-11(14)10-29-19-23-22-18-24(9-13-2-1-6-27-13)17(26)16-15(25(18)19)5-7-28-16/h1-8H,9-10H2. The average molecular weight is 463 g/mol. The van der Waals surface area contributed by atoms with E-state index >= 15 is 0 Å². The van der Waals surface area contributed by atoms with Crippen molar-refractivity contribution in [1.29, 1.82) is 0 Å². The number of rotatable bonds is 5. The summed E-state index contributed by atoms with van der Waals surface area (Å²) >= 11 is 10.6. The van der Waals surface area contributed by atoms with Crippen molar-refractivity contribution in [2.24, 2.45) is 0 Å². The molecule has 5 aromatic rings. The highest BCUT2D eigenvalue weighted by atomic mass is 35.5. The first kappa shape index (κ1) is 18.8. The van der Waals surface area contributed by atoms with Crippen LogP contribution < -0.4 is 5.56 Å². The van der Waals surface area contributed by atoms with Crippen molar-refractivity contribution in [3.05, 3.63) is 78.8 Å². The lowest BCUT2D eigenvalue weighted by molar-refractivity contribution is 0.627. The molecule has 29 heavy (non-hydrogen) atoms. The number of thiophene rings is 2. The Morgan fingerprint density at radius 1 is 1.14 bits per heavy atom. The summed E-state index contributed by atoms with van der Waals surface area (Å²) in [6.07, 6.45) is 0. The molecule has 4 heterocycles. The van der Waals surface area contributed by atoms with Gasteiger partial charge in [-0.3, -0.25) is 13.8 Å². The summed E-state index contributed by atoms with van der Waals surface area (Å²) in [5.74, 6) is 0.645. The topological polar surface area (TPSA) is 52.2 Å². The zero-order valence-electron chi connectivity index (χ0n) is 14.7. The van der Waals surface area contributed by atoms with E-state index < -0.39 is 0 Å². The summed E-state index contributed by atoms with van der Waals surface area (Å²) in [6.45, 7) is 0.445. The van der Waals surface area contributed by atoms with Crippen LogP contribution in [0, 0.1) is 5.82 Å². The van der Waals surface area contributed by atoms with E-state index in [1.165, 1.54) is 35.2 Å². The van der Waals surface area contributed by atoms with Crippen LogP contribution in [0.4, 0.5) is 4.39 Å². The van der Waals surface area contributed by atoms with Gasteiger partial charge in [0, 0.05) is 15.7 Å². The van der Waals surface area contributed by atoms with E-state index in [0.717, 1.165) is 16.0 Å². The molecule has 146 valence electrons. The van der Waals surface area contributed by atoms with Crippen LogP contribution in [0.1, 0.15) is 10.4 Å². The summed E-state index contributed by atoms with van der Waals surface area (Å²) in [4.78, 5) is 14.1. The molecule has 0 bridgehead atoms. The number of fused-ring (bicyclic) bond motifs is 3. The van der Waals surface area contributed by atoms with Crippen molar-refractivity contribution in [2.75, 3.05) is 0 Å². The van der Waals surface area contributed by atoms with Gasteiger partial charge >= 0.3 is 0 Å². The Bertz CT molecular complexity index is 1390. The number of hydrogen-bond donors (Lipinski definition) is 0. The van der Waals surface area contributed by atoms with Crippen LogP contribution in [-0.2, 0) is 12.3 Å². The molecule has 0 aliphatic rings. The summed E-state index contributed by atoms with van der Waals surface area (Å²) in [6, 6.07) is 10.2. The second-order valence-electron chi connectivity index (χ2n) is 6.25. The molecule has 0 saturated carbocycles. The van der Waals surface area contributed by atoms with E-state index in [0.29, 0.717) is 33.0 Å². The highest BCUT2D eigenvalue weighted by molar-refractivity contribution is 7.98. The van der Waals surface area contributed by atoms with Gasteiger partial charge in [0.15, 0.2) is 5.16 Å². The fraction of sp³-hybridized carbons (Fsp3) is 0.105. The van der Waals surface area contributed by atoms with Gasteiger partial charge in [-0.25, -0.2) is 4.39 Å². The summed E-state index contributed by atoms with van der Waals surface area (Å²) < 4.78 is 17.5. The molecule has 5 rings (SSSR count). The Labute approximate surface area is 181 Å². The Morgan fingerprint density at radius 3 is 2.83 bits per heavy atom. The minimum absolute atomic E-state index is 0.0681. The normalized spacial score (nSPS) is 11.7. The largest absolute Gasteiger partial charge is 0.273 e. The second kappa shape index (κ2) is 7.56. The number of benzene rings is 1. The molecule has 1 aromatic carbocycles. The number of aromatic nitrogens is 4. The molecule has 0 spiro atoms. The maximum atomic E-state index is 13.3. The Hall–Kier alpha value is -2.20. The van der Waals surface area contributed by atoms with E-state index in [2.05, 4.69) is 10.2 Å². The first-order valence-corrected chi connectivity index (χ1v) is 11.7. The minimum Gasteiger partial charge on any atom is -0.270 e. The molecule has 0 N–H and O–H groups in total. The van der Waals surface area contributed by atoms with Crippen molar-refractivity contribution < 1.29 is 4.39 Å².